The number of hydrogen-bond donors (Lipinski definition) is 1. The zero-order chi connectivity index (χ0) is 12.0. The van der Waals surface area contributed by atoms with Gasteiger partial charge in [0.25, 0.3) is 0 Å². The molecule has 0 spiro atoms. The number of nitrogens with zero attached hydrogens (tertiary/aromatic N) is 1. The van der Waals surface area contributed by atoms with E-state index in [9.17, 15) is 0 Å². The van der Waals surface area contributed by atoms with Crippen LogP contribution in [-0.2, 0) is 0 Å². The van der Waals surface area contributed by atoms with Crippen LogP contribution in [0.5, 0.6) is 0 Å². The molecule has 1 heterocycles. The first-order chi connectivity index (χ1) is 7.69. The van der Waals surface area contributed by atoms with E-state index < -0.39 is 0 Å². The Morgan fingerprint density at radius 1 is 1.38 bits per heavy atom. The van der Waals surface area contributed by atoms with E-state index in [-0.39, 0.29) is 0 Å². The zero-order valence-electron chi connectivity index (χ0n) is 10.6. The van der Waals surface area contributed by atoms with Gasteiger partial charge < -0.3 is 5.32 Å². The maximum absolute atomic E-state index is 4.50. The topological polar surface area (TPSA) is 24.9 Å². The first-order valence-corrected chi connectivity index (χ1v) is 5.76. The number of aromatic nitrogens is 1. The van der Waals surface area contributed by atoms with Crippen molar-refractivity contribution >= 4 is 0 Å². The number of hydrogen-bond acceptors (Lipinski definition) is 2. The Morgan fingerprint density at radius 3 is 2.69 bits per heavy atom. The van der Waals surface area contributed by atoms with Gasteiger partial charge in [0.2, 0.25) is 0 Å². The van der Waals surface area contributed by atoms with Gasteiger partial charge in [-0.1, -0.05) is 13.0 Å². The van der Waals surface area contributed by atoms with Crippen molar-refractivity contribution in [2.45, 2.75) is 40.2 Å². The summed E-state index contributed by atoms with van der Waals surface area (Å²) in [5.74, 6) is 6.08. The molecular weight excluding hydrogens is 196 g/mol. The summed E-state index contributed by atoms with van der Waals surface area (Å²) in [5.41, 5.74) is 3.43. The van der Waals surface area contributed by atoms with Crippen molar-refractivity contribution in [2.24, 2.45) is 0 Å². The zero-order valence-corrected chi connectivity index (χ0v) is 10.6. The van der Waals surface area contributed by atoms with Crippen LogP contribution in [0.15, 0.2) is 12.1 Å². The lowest BCUT2D eigenvalue weighted by Gasteiger charge is -2.17. The van der Waals surface area contributed by atoms with Gasteiger partial charge in [-0.3, -0.25) is 4.98 Å². The molecule has 16 heavy (non-hydrogen) atoms. The van der Waals surface area contributed by atoms with Crippen LogP contribution in [0.2, 0.25) is 0 Å². The summed E-state index contributed by atoms with van der Waals surface area (Å²) in [5, 5.41) is 3.45. The largest absolute Gasteiger partial charge is 0.309 e. The average Bonchev–Trinajstić information content (AvgIpc) is 2.25. The van der Waals surface area contributed by atoms with E-state index in [1.807, 2.05) is 13.8 Å². The third-order valence-electron chi connectivity index (χ3n) is 2.57. The maximum atomic E-state index is 4.50. The van der Waals surface area contributed by atoms with Gasteiger partial charge in [-0.05, 0) is 38.9 Å². The highest BCUT2D eigenvalue weighted by molar-refractivity contribution is 5.26. The van der Waals surface area contributed by atoms with Gasteiger partial charge in [-0.15, -0.1) is 11.8 Å². The Labute approximate surface area is 98.5 Å². The highest BCUT2D eigenvalue weighted by Gasteiger charge is 2.11. The van der Waals surface area contributed by atoms with Gasteiger partial charge in [0, 0.05) is 23.9 Å². The predicted octanol–water partition coefficient (Wildman–Crippen LogP) is 2.76. The lowest BCUT2D eigenvalue weighted by molar-refractivity contribution is 0.560. The minimum absolute atomic E-state index is 0.297. The van der Waals surface area contributed by atoms with Crippen molar-refractivity contribution in [1.82, 2.24) is 10.3 Å². The molecule has 0 saturated carbocycles. The van der Waals surface area contributed by atoms with Crippen LogP contribution in [0.25, 0.3) is 0 Å². The van der Waals surface area contributed by atoms with Crippen molar-refractivity contribution in [2.75, 3.05) is 6.54 Å². The molecule has 0 saturated heterocycles. The number of nitrogens with one attached hydrogen (secondary N) is 1. The molecule has 1 aromatic heterocycles. The summed E-state index contributed by atoms with van der Waals surface area (Å²) in [6.07, 6.45) is 0.843. The van der Waals surface area contributed by atoms with Gasteiger partial charge in [0.1, 0.15) is 0 Å². The summed E-state index contributed by atoms with van der Waals surface area (Å²) in [6, 6.07) is 4.51. The number of aryl methyl sites for hydroxylation is 2. The molecular formula is C14H20N2. The van der Waals surface area contributed by atoms with Crippen LogP contribution in [0, 0.1) is 25.7 Å². The number of pyridine rings is 1. The van der Waals surface area contributed by atoms with E-state index in [4.69, 9.17) is 0 Å². The maximum Gasteiger partial charge on any atom is 0.0448 e. The molecule has 0 aromatic carbocycles. The summed E-state index contributed by atoms with van der Waals surface area (Å²) < 4.78 is 0. The standard InChI is InChI=1S/C14H20N2/c1-5-7-8-14(15-6-2)13-10-9-11(3)16-12(13)4/h9-10,14-15H,6,8H2,1-4H3. The van der Waals surface area contributed by atoms with Gasteiger partial charge in [0.15, 0.2) is 0 Å². The minimum Gasteiger partial charge on any atom is -0.309 e. The summed E-state index contributed by atoms with van der Waals surface area (Å²) in [7, 11) is 0. The molecule has 1 atom stereocenters. The second kappa shape index (κ2) is 6.30. The predicted molar refractivity (Wildman–Crippen MR) is 68.2 cm³/mol. The van der Waals surface area contributed by atoms with E-state index in [0.29, 0.717) is 6.04 Å². The van der Waals surface area contributed by atoms with Gasteiger partial charge >= 0.3 is 0 Å². The van der Waals surface area contributed by atoms with Gasteiger partial charge in [0.05, 0.1) is 0 Å². The molecule has 0 aliphatic heterocycles. The van der Waals surface area contributed by atoms with Crippen molar-refractivity contribution in [3.63, 3.8) is 0 Å². The highest BCUT2D eigenvalue weighted by Crippen LogP contribution is 2.19. The molecule has 0 aliphatic carbocycles. The second-order valence-electron chi connectivity index (χ2n) is 3.87. The Bertz CT molecular complexity index is 399. The van der Waals surface area contributed by atoms with Crippen LogP contribution >= 0.6 is 0 Å². The van der Waals surface area contributed by atoms with E-state index in [1.54, 1.807) is 0 Å². The Morgan fingerprint density at radius 2 is 2.12 bits per heavy atom. The molecule has 1 unspecified atom stereocenters. The van der Waals surface area contributed by atoms with Crippen LogP contribution in [0.4, 0.5) is 0 Å². The third-order valence-corrected chi connectivity index (χ3v) is 2.57. The fourth-order valence-corrected chi connectivity index (χ4v) is 1.81. The summed E-state index contributed by atoms with van der Waals surface area (Å²) >= 11 is 0. The molecule has 2 nitrogen and oxygen atoms in total. The molecule has 0 bridgehead atoms. The van der Waals surface area contributed by atoms with E-state index >= 15 is 0 Å². The van der Waals surface area contributed by atoms with Crippen LogP contribution in [0.3, 0.4) is 0 Å². The molecule has 86 valence electrons. The van der Waals surface area contributed by atoms with E-state index in [2.05, 4.69) is 48.1 Å². The molecule has 1 rings (SSSR count). The Balaban J connectivity index is 2.94. The normalized spacial score (nSPS) is 11.8. The lowest BCUT2D eigenvalue weighted by Crippen LogP contribution is -2.21. The molecule has 0 fully saturated rings. The second-order valence-corrected chi connectivity index (χ2v) is 3.87. The van der Waals surface area contributed by atoms with Crippen LogP contribution in [-0.4, -0.2) is 11.5 Å². The average molecular weight is 216 g/mol. The van der Waals surface area contributed by atoms with Crippen LogP contribution in [0.1, 0.15) is 43.3 Å². The molecule has 0 amide bonds. The minimum atomic E-state index is 0.297. The summed E-state index contributed by atoms with van der Waals surface area (Å²) in [6.45, 7) is 9.02. The highest BCUT2D eigenvalue weighted by atomic mass is 14.9. The fourth-order valence-electron chi connectivity index (χ4n) is 1.81. The lowest BCUT2D eigenvalue weighted by atomic mass is 10.0. The molecule has 0 radical (unpaired) electrons. The Kier molecular flexibility index (Phi) is 5.01. The van der Waals surface area contributed by atoms with Gasteiger partial charge in [-0.2, -0.15) is 0 Å². The Hall–Kier alpha value is -1.33. The van der Waals surface area contributed by atoms with E-state index in [1.165, 1.54) is 5.56 Å². The van der Waals surface area contributed by atoms with Crippen LogP contribution < -0.4 is 5.32 Å². The molecule has 1 N–H and O–H groups in total. The van der Waals surface area contributed by atoms with Gasteiger partial charge in [-0.25, -0.2) is 0 Å². The smallest absolute Gasteiger partial charge is 0.0448 e. The van der Waals surface area contributed by atoms with Crippen molar-refractivity contribution in [3.05, 3.63) is 29.1 Å². The van der Waals surface area contributed by atoms with Crippen molar-refractivity contribution in [3.8, 4) is 11.8 Å². The monoisotopic (exact) mass is 216 g/mol. The number of rotatable bonds is 4. The van der Waals surface area contributed by atoms with E-state index in [0.717, 1.165) is 24.4 Å². The van der Waals surface area contributed by atoms with Crippen molar-refractivity contribution < 1.29 is 0 Å². The third kappa shape index (κ3) is 3.36. The van der Waals surface area contributed by atoms with Crippen molar-refractivity contribution in [1.29, 1.82) is 0 Å². The molecule has 1 aromatic rings. The first-order valence-electron chi connectivity index (χ1n) is 5.76. The summed E-state index contributed by atoms with van der Waals surface area (Å²) in [4.78, 5) is 4.50. The quantitative estimate of drug-likeness (QED) is 0.783. The SMILES string of the molecule is CC#CCC(NCC)c1ccc(C)nc1C. The first kappa shape index (κ1) is 12.7. The molecule has 0 aliphatic rings. The fraction of sp³-hybridized carbons (Fsp3) is 0.500. The molecule has 2 heteroatoms.